The first-order chi connectivity index (χ1) is 3.77. The number of rotatable bonds is 3. The van der Waals surface area contributed by atoms with Gasteiger partial charge in [-0.2, -0.15) is 0 Å². The molecule has 8 heavy (non-hydrogen) atoms. The maximum atomic E-state index is 3.66. The average Bonchev–Trinajstić information content (AvgIpc) is 1.66. The molecular formula is C7H14Si. The molecule has 0 heterocycles. The Morgan fingerprint density at radius 2 is 2.25 bits per heavy atom. The fourth-order valence-corrected chi connectivity index (χ4v) is 1.47. The standard InChI is InChI=1S/C7H14Si/c1-4-5-8-6-7(2)3/h4,6H,1,5,8H2,2-3H3. The molecule has 0 unspecified atom stereocenters. The first-order valence-electron chi connectivity index (χ1n) is 3.01. The van der Waals surface area contributed by atoms with Gasteiger partial charge in [0, 0.05) is 9.52 Å². The van der Waals surface area contributed by atoms with Crippen LogP contribution in [0.15, 0.2) is 23.9 Å². The third kappa shape index (κ3) is 5.70. The van der Waals surface area contributed by atoms with Gasteiger partial charge in [0.05, 0.1) is 0 Å². The third-order valence-electron chi connectivity index (χ3n) is 0.923. The molecule has 0 aliphatic carbocycles. The Labute approximate surface area is 54.1 Å². The molecule has 0 atom stereocenters. The van der Waals surface area contributed by atoms with Crippen molar-refractivity contribution in [2.24, 2.45) is 0 Å². The van der Waals surface area contributed by atoms with Crippen LogP contribution in [0.5, 0.6) is 0 Å². The van der Waals surface area contributed by atoms with Crippen molar-refractivity contribution in [2.75, 3.05) is 0 Å². The molecule has 0 radical (unpaired) electrons. The van der Waals surface area contributed by atoms with Crippen molar-refractivity contribution >= 4 is 9.52 Å². The second-order valence-electron chi connectivity index (χ2n) is 2.15. The Kier molecular flexibility index (Phi) is 4.66. The lowest BCUT2D eigenvalue weighted by Crippen LogP contribution is -1.79. The van der Waals surface area contributed by atoms with Crippen LogP contribution in [0.3, 0.4) is 0 Å². The van der Waals surface area contributed by atoms with Gasteiger partial charge in [-0.25, -0.2) is 0 Å². The largest absolute Gasteiger partial charge is 0.103 e. The van der Waals surface area contributed by atoms with Gasteiger partial charge in [-0.1, -0.05) is 11.6 Å². The molecule has 0 nitrogen and oxygen atoms in total. The van der Waals surface area contributed by atoms with Crippen molar-refractivity contribution < 1.29 is 0 Å². The Morgan fingerprint density at radius 1 is 1.62 bits per heavy atom. The summed E-state index contributed by atoms with van der Waals surface area (Å²) in [5.41, 5.74) is 3.82. The highest BCUT2D eigenvalue weighted by Crippen LogP contribution is 1.88. The summed E-state index contributed by atoms with van der Waals surface area (Å²) in [6.07, 6.45) is 2.01. The molecule has 46 valence electrons. The SMILES string of the molecule is C=CC[SiH2]C=C(C)C. The monoisotopic (exact) mass is 126 g/mol. The van der Waals surface area contributed by atoms with E-state index < -0.39 is 0 Å². The number of allylic oxidation sites excluding steroid dienone is 2. The summed E-state index contributed by atoms with van der Waals surface area (Å²) in [5.74, 6) is 0. The summed E-state index contributed by atoms with van der Waals surface area (Å²) in [6.45, 7) is 7.96. The molecular weight excluding hydrogens is 112 g/mol. The molecule has 0 rings (SSSR count). The number of hydrogen-bond acceptors (Lipinski definition) is 0. The van der Waals surface area contributed by atoms with E-state index in [9.17, 15) is 0 Å². The van der Waals surface area contributed by atoms with Gasteiger partial charge >= 0.3 is 0 Å². The molecule has 0 spiro atoms. The summed E-state index contributed by atoms with van der Waals surface area (Å²) in [6, 6.07) is 1.24. The summed E-state index contributed by atoms with van der Waals surface area (Å²) >= 11 is 0. The van der Waals surface area contributed by atoms with E-state index in [1.165, 1.54) is 11.6 Å². The molecule has 0 amide bonds. The van der Waals surface area contributed by atoms with Crippen molar-refractivity contribution in [1.29, 1.82) is 0 Å². The zero-order valence-electron chi connectivity index (χ0n) is 5.78. The van der Waals surface area contributed by atoms with Crippen LogP contribution in [0.2, 0.25) is 6.04 Å². The molecule has 0 aliphatic heterocycles. The van der Waals surface area contributed by atoms with E-state index in [-0.39, 0.29) is 9.52 Å². The Balaban J connectivity index is 3.15. The normalized spacial score (nSPS) is 9.75. The molecule has 0 aromatic carbocycles. The minimum Gasteiger partial charge on any atom is -0.103 e. The summed E-state index contributed by atoms with van der Waals surface area (Å²) in [5, 5.41) is 0. The fourth-order valence-electron chi connectivity index (χ4n) is 0.490. The van der Waals surface area contributed by atoms with Gasteiger partial charge in [-0.3, -0.25) is 0 Å². The maximum Gasteiger partial charge on any atom is 0.0490 e. The molecule has 0 bridgehead atoms. The van der Waals surface area contributed by atoms with E-state index in [4.69, 9.17) is 0 Å². The lowest BCUT2D eigenvalue weighted by molar-refractivity contribution is 1.41. The molecule has 0 saturated carbocycles. The van der Waals surface area contributed by atoms with Crippen LogP contribution in [0, 0.1) is 0 Å². The molecule has 0 fully saturated rings. The summed E-state index contributed by atoms with van der Waals surface area (Å²) in [4.78, 5) is 0. The van der Waals surface area contributed by atoms with Gasteiger partial charge in [0.2, 0.25) is 0 Å². The minimum atomic E-state index is 0.0837. The zero-order valence-corrected chi connectivity index (χ0v) is 7.19. The summed E-state index contributed by atoms with van der Waals surface area (Å²) < 4.78 is 0. The van der Waals surface area contributed by atoms with Gasteiger partial charge in [-0.05, 0) is 19.9 Å². The Hall–Kier alpha value is -0.303. The van der Waals surface area contributed by atoms with Crippen LogP contribution < -0.4 is 0 Å². The predicted octanol–water partition coefficient (Wildman–Crippen LogP) is 1.68. The lowest BCUT2D eigenvalue weighted by atomic mass is 10.4. The molecule has 0 aromatic heterocycles. The first-order valence-corrected chi connectivity index (χ1v) is 4.83. The fraction of sp³-hybridized carbons (Fsp3) is 0.429. The van der Waals surface area contributed by atoms with Gasteiger partial charge in [-0.15, -0.1) is 12.3 Å². The van der Waals surface area contributed by atoms with Gasteiger partial charge in [0.15, 0.2) is 0 Å². The highest BCUT2D eigenvalue weighted by atomic mass is 28.2. The smallest absolute Gasteiger partial charge is 0.0490 e. The van der Waals surface area contributed by atoms with E-state index >= 15 is 0 Å². The lowest BCUT2D eigenvalue weighted by Gasteiger charge is -1.85. The zero-order chi connectivity index (χ0) is 6.41. The second kappa shape index (κ2) is 4.85. The predicted molar refractivity (Wildman–Crippen MR) is 43.0 cm³/mol. The van der Waals surface area contributed by atoms with Crippen molar-refractivity contribution in [3.63, 3.8) is 0 Å². The van der Waals surface area contributed by atoms with Crippen LogP contribution in [0.25, 0.3) is 0 Å². The van der Waals surface area contributed by atoms with E-state index in [1.54, 1.807) is 0 Å². The Morgan fingerprint density at radius 3 is 2.62 bits per heavy atom. The molecule has 0 N–H and O–H groups in total. The van der Waals surface area contributed by atoms with Crippen molar-refractivity contribution in [1.82, 2.24) is 0 Å². The third-order valence-corrected chi connectivity index (χ3v) is 2.77. The second-order valence-corrected chi connectivity index (χ2v) is 3.71. The van der Waals surface area contributed by atoms with E-state index in [2.05, 4.69) is 26.1 Å². The highest BCUT2D eigenvalue weighted by molar-refractivity contribution is 6.42. The van der Waals surface area contributed by atoms with Crippen LogP contribution in [-0.2, 0) is 0 Å². The van der Waals surface area contributed by atoms with E-state index in [0.717, 1.165) is 0 Å². The van der Waals surface area contributed by atoms with E-state index in [0.29, 0.717) is 0 Å². The molecule has 0 aliphatic rings. The van der Waals surface area contributed by atoms with E-state index in [1.807, 2.05) is 6.08 Å². The van der Waals surface area contributed by atoms with Crippen molar-refractivity contribution in [3.8, 4) is 0 Å². The van der Waals surface area contributed by atoms with Gasteiger partial charge < -0.3 is 0 Å². The van der Waals surface area contributed by atoms with Crippen molar-refractivity contribution in [3.05, 3.63) is 23.9 Å². The molecule has 0 aromatic rings. The average molecular weight is 126 g/mol. The van der Waals surface area contributed by atoms with Gasteiger partial charge in [0.1, 0.15) is 0 Å². The topological polar surface area (TPSA) is 0 Å². The summed E-state index contributed by atoms with van der Waals surface area (Å²) in [7, 11) is 0.0837. The first kappa shape index (κ1) is 7.70. The van der Waals surface area contributed by atoms with Crippen LogP contribution in [0.4, 0.5) is 0 Å². The van der Waals surface area contributed by atoms with Crippen LogP contribution in [-0.4, -0.2) is 9.52 Å². The maximum absolute atomic E-state index is 3.66. The van der Waals surface area contributed by atoms with Crippen molar-refractivity contribution in [2.45, 2.75) is 19.9 Å². The van der Waals surface area contributed by atoms with Gasteiger partial charge in [0.25, 0.3) is 0 Å². The van der Waals surface area contributed by atoms with Crippen LogP contribution in [0.1, 0.15) is 13.8 Å². The molecule has 0 saturated heterocycles. The minimum absolute atomic E-state index is 0.0837. The highest BCUT2D eigenvalue weighted by Gasteiger charge is 1.76. The quantitative estimate of drug-likeness (QED) is 0.307. The number of hydrogen-bond donors (Lipinski definition) is 0. The van der Waals surface area contributed by atoms with Crippen LogP contribution >= 0.6 is 0 Å². The Bertz CT molecular complexity index is 88.6. The molecule has 1 heteroatoms.